The average Bonchev–Trinajstić information content (AvgIpc) is 3.22. The fourth-order valence-corrected chi connectivity index (χ4v) is 3.20. The first-order valence-electron chi connectivity index (χ1n) is 8.31. The van der Waals surface area contributed by atoms with Gasteiger partial charge in [0.05, 0.1) is 5.69 Å². The summed E-state index contributed by atoms with van der Waals surface area (Å²) in [4.78, 5) is 14.3. The van der Waals surface area contributed by atoms with E-state index in [4.69, 9.17) is 16.6 Å². The van der Waals surface area contributed by atoms with Gasteiger partial charge < -0.3 is 9.73 Å². The third-order valence-corrected chi connectivity index (χ3v) is 4.56. The summed E-state index contributed by atoms with van der Waals surface area (Å²) in [6, 6.07) is 17.1. The van der Waals surface area contributed by atoms with Gasteiger partial charge in [0, 0.05) is 11.6 Å². The van der Waals surface area contributed by atoms with E-state index in [9.17, 15) is 9.18 Å². The molecule has 0 aliphatic carbocycles. The maximum Gasteiger partial charge on any atom is 0.281 e. The van der Waals surface area contributed by atoms with Crippen LogP contribution >= 0.6 is 12.2 Å². The van der Waals surface area contributed by atoms with E-state index in [1.807, 2.05) is 31.2 Å². The van der Waals surface area contributed by atoms with Gasteiger partial charge in [-0.15, -0.1) is 0 Å². The lowest BCUT2D eigenvalue weighted by Gasteiger charge is -2.16. The van der Waals surface area contributed by atoms with Crippen LogP contribution in [0, 0.1) is 12.7 Å². The highest BCUT2D eigenvalue weighted by Crippen LogP contribution is 2.27. The van der Waals surface area contributed by atoms with E-state index in [-0.39, 0.29) is 11.7 Å². The van der Waals surface area contributed by atoms with Gasteiger partial charge in [0.1, 0.15) is 23.0 Å². The molecule has 1 N–H and O–H groups in total. The smallest absolute Gasteiger partial charge is 0.281 e. The number of nitrogens with one attached hydrogen (secondary N) is 1. The Kier molecular flexibility index (Phi) is 4.33. The summed E-state index contributed by atoms with van der Waals surface area (Å²) in [5.41, 5.74) is 2.79. The van der Waals surface area contributed by atoms with E-state index >= 15 is 0 Å². The number of thiocarbonyl (C=S) groups is 1. The average molecular weight is 378 g/mol. The number of benzene rings is 2. The van der Waals surface area contributed by atoms with E-state index in [1.54, 1.807) is 30.3 Å². The van der Waals surface area contributed by atoms with E-state index < -0.39 is 0 Å². The third-order valence-electron chi connectivity index (χ3n) is 4.28. The molecule has 4 rings (SSSR count). The third kappa shape index (κ3) is 3.27. The predicted molar refractivity (Wildman–Crippen MR) is 106 cm³/mol. The molecule has 1 amide bonds. The number of hydrogen-bond acceptors (Lipinski definition) is 3. The molecule has 3 aromatic rings. The second-order valence-electron chi connectivity index (χ2n) is 6.12. The van der Waals surface area contributed by atoms with Crippen molar-refractivity contribution < 1.29 is 13.6 Å². The molecule has 4 nitrogen and oxygen atoms in total. The zero-order valence-corrected chi connectivity index (χ0v) is 15.2. The standard InChI is InChI=1S/C21H15FN2O2S/c1-13-4-2-3-5-18(13)24-20(25)17(23-21(24)27)12-16-10-11-19(26-16)14-6-8-15(22)9-7-14/h2-12H,1H3,(H,23,27)/b17-12+. The number of furan rings is 1. The zero-order chi connectivity index (χ0) is 19.0. The highest BCUT2D eigenvalue weighted by Gasteiger charge is 2.32. The van der Waals surface area contributed by atoms with Gasteiger partial charge in [-0.1, -0.05) is 18.2 Å². The second-order valence-corrected chi connectivity index (χ2v) is 6.51. The molecule has 0 saturated carbocycles. The van der Waals surface area contributed by atoms with Crippen molar-refractivity contribution in [3.8, 4) is 11.3 Å². The molecule has 2 aromatic carbocycles. The molecule has 1 aromatic heterocycles. The SMILES string of the molecule is Cc1ccccc1N1C(=O)/C(=C\c2ccc(-c3ccc(F)cc3)o2)NC1=S. The van der Waals surface area contributed by atoms with E-state index in [1.165, 1.54) is 17.0 Å². The van der Waals surface area contributed by atoms with Gasteiger partial charge >= 0.3 is 0 Å². The largest absolute Gasteiger partial charge is 0.457 e. The van der Waals surface area contributed by atoms with Gasteiger partial charge in [0.25, 0.3) is 5.91 Å². The summed E-state index contributed by atoms with van der Waals surface area (Å²) in [6.07, 6.45) is 1.61. The molecular weight excluding hydrogens is 363 g/mol. The molecule has 2 heterocycles. The van der Waals surface area contributed by atoms with Gasteiger partial charge in [-0.3, -0.25) is 9.69 Å². The number of aryl methyl sites for hydroxylation is 1. The van der Waals surface area contributed by atoms with Crippen molar-refractivity contribution >= 4 is 35.0 Å². The Bertz CT molecular complexity index is 1070. The van der Waals surface area contributed by atoms with E-state index in [0.29, 0.717) is 22.3 Å². The number of hydrogen-bond donors (Lipinski definition) is 1. The summed E-state index contributed by atoms with van der Waals surface area (Å²) in [7, 11) is 0. The van der Waals surface area contributed by atoms with Crippen LogP contribution in [0.2, 0.25) is 0 Å². The summed E-state index contributed by atoms with van der Waals surface area (Å²) >= 11 is 5.33. The Morgan fingerprint density at radius 1 is 1.07 bits per heavy atom. The monoisotopic (exact) mass is 378 g/mol. The molecule has 0 bridgehead atoms. The number of carbonyl (C=O) groups is 1. The van der Waals surface area contributed by atoms with E-state index in [2.05, 4.69) is 5.32 Å². The number of nitrogens with zero attached hydrogens (tertiary/aromatic N) is 1. The van der Waals surface area contributed by atoms with Crippen molar-refractivity contribution in [2.45, 2.75) is 6.92 Å². The molecule has 0 atom stereocenters. The van der Waals surface area contributed by atoms with Crippen LogP contribution in [0.5, 0.6) is 0 Å². The van der Waals surface area contributed by atoms with Crippen LogP contribution in [0.4, 0.5) is 10.1 Å². The van der Waals surface area contributed by atoms with Crippen LogP contribution in [0.3, 0.4) is 0 Å². The molecule has 134 valence electrons. The molecule has 1 saturated heterocycles. The molecule has 6 heteroatoms. The number of para-hydroxylation sites is 1. The van der Waals surface area contributed by atoms with Crippen molar-refractivity contribution in [1.29, 1.82) is 0 Å². The van der Waals surface area contributed by atoms with Crippen LogP contribution in [0.1, 0.15) is 11.3 Å². The van der Waals surface area contributed by atoms with Gasteiger partial charge in [-0.2, -0.15) is 0 Å². The number of halogens is 1. The van der Waals surface area contributed by atoms with Crippen molar-refractivity contribution in [2.24, 2.45) is 0 Å². The predicted octanol–water partition coefficient (Wildman–Crippen LogP) is 4.66. The minimum atomic E-state index is -0.307. The van der Waals surface area contributed by atoms with Gasteiger partial charge in [0.2, 0.25) is 0 Å². The zero-order valence-electron chi connectivity index (χ0n) is 14.4. The lowest BCUT2D eigenvalue weighted by Crippen LogP contribution is -2.30. The molecule has 1 aliphatic rings. The second kappa shape index (κ2) is 6.81. The highest BCUT2D eigenvalue weighted by atomic mass is 32.1. The van der Waals surface area contributed by atoms with Crippen molar-refractivity contribution in [3.05, 3.63) is 83.5 Å². The maximum atomic E-state index is 13.1. The highest BCUT2D eigenvalue weighted by molar-refractivity contribution is 7.80. The first-order valence-corrected chi connectivity index (χ1v) is 8.72. The van der Waals surface area contributed by atoms with Gasteiger partial charge in [-0.05, 0) is 67.2 Å². The molecule has 0 spiro atoms. The fraction of sp³-hybridized carbons (Fsp3) is 0.0476. The summed E-state index contributed by atoms with van der Waals surface area (Å²) in [5, 5.41) is 3.27. The number of amides is 1. The molecule has 1 aliphatic heterocycles. The molecule has 0 unspecified atom stereocenters. The van der Waals surface area contributed by atoms with Crippen LogP contribution in [-0.2, 0) is 4.79 Å². The van der Waals surface area contributed by atoms with Crippen molar-refractivity contribution in [1.82, 2.24) is 5.32 Å². The Morgan fingerprint density at radius 3 is 2.56 bits per heavy atom. The lowest BCUT2D eigenvalue weighted by molar-refractivity contribution is -0.113. The minimum Gasteiger partial charge on any atom is -0.457 e. The molecule has 27 heavy (non-hydrogen) atoms. The van der Waals surface area contributed by atoms with Gasteiger partial charge in [-0.25, -0.2) is 4.39 Å². The number of rotatable bonds is 3. The molecular formula is C21H15FN2O2S. The first-order chi connectivity index (χ1) is 13.0. The summed E-state index contributed by atoms with van der Waals surface area (Å²) in [5.74, 6) is 0.539. The molecule has 1 fully saturated rings. The van der Waals surface area contributed by atoms with Crippen LogP contribution in [0.15, 0.2) is 70.8 Å². The minimum absolute atomic E-state index is 0.242. The Labute approximate surface area is 160 Å². The van der Waals surface area contributed by atoms with Crippen molar-refractivity contribution in [3.63, 3.8) is 0 Å². The van der Waals surface area contributed by atoms with Crippen molar-refractivity contribution in [2.75, 3.05) is 4.90 Å². The summed E-state index contributed by atoms with van der Waals surface area (Å²) < 4.78 is 18.8. The fourth-order valence-electron chi connectivity index (χ4n) is 2.91. The van der Waals surface area contributed by atoms with Crippen LogP contribution in [-0.4, -0.2) is 11.0 Å². The Balaban J connectivity index is 1.62. The van der Waals surface area contributed by atoms with E-state index in [0.717, 1.165) is 16.8 Å². The maximum absolute atomic E-state index is 13.1. The molecule has 0 radical (unpaired) electrons. The number of anilines is 1. The Morgan fingerprint density at radius 2 is 1.81 bits per heavy atom. The van der Waals surface area contributed by atoms with Gasteiger partial charge in [0.15, 0.2) is 5.11 Å². The first kappa shape index (κ1) is 17.2. The quantitative estimate of drug-likeness (QED) is 0.532. The van der Waals surface area contributed by atoms with Crippen LogP contribution in [0.25, 0.3) is 17.4 Å². The Hall–Kier alpha value is -3.25. The van der Waals surface area contributed by atoms with Crippen LogP contribution < -0.4 is 10.2 Å². The normalized spacial score (nSPS) is 15.5. The summed E-state index contributed by atoms with van der Waals surface area (Å²) in [6.45, 7) is 1.93. The number of carbonyl (C=O) groups excluding carboxylic acids is 1. The topological polar surface area (TPSA) is 45.5 Å². The lowest BCUT2D eigenvalue weighted by atomic mass is 10.2.